The van der Waals surface area contributed by atoms with Crippen molar-refractivity contribution in [2.45, 2.75) is 26.7 Å². The summed E-state index contributed by atoms with van der Waals surface area (Å²) >= 11 is 0. The maximum Gasteiger partial charge on any atom is 0.415 e. The first-order valence-electron chi connectivity index (χ1n) is 5.62. The quantitative estimate of drug-likeness (QED) is 0.727. The SMILES string of the molecule is CCOC(=O)N1CCCc2c(C)nn(C)c21. The number of nitrogens with zero attached hydrogens (tertiary/aromatic N) is 3. The van der Waals surface area contributed by atoms with Crippen molar-refractivity contribution in [1.82, 2.24) is 9.78 Å². The van der Waals surface area contributed by atoms with Gasteiger partial charge in [-0.3, -0.25) is 9.58 Å². The molecule has 2 heterocycles. The van der Waals surface area contributed by atoms with Gasteiger partial charge in [0.2, 0.25) is 0 Å². The summed E-state index contributed by atoms with van der Waals surface area (Å²) < 4.78 is 6.81. The molecule has 0 aliphatic carbocycles. The Kier molecular flexibility index (Phi) is 2.85. The molecule has 0 aromatic carbocycles. The summed E-state index contributed by atoms with van der Waals surface area (Å²) in [4.78, 5) is 13.5. The molecule has 2 rings (SSSR count). The van der Waals surface area contributed by atoms with Gasteiger partial charge in [-0.2, -0.15) is 5.10 Å². The van der Waals surface area contributed by atoms with Gasteiger partial charge < -0.3 is 4.74 Å². The van der Waals surface area contributed by atoms with Crippen LogP contribution < -0.4 is 4.90 Å². The van der Waals surface area contributed by atoms with E-state index >= 15 is 0 Å². The lowest BCUT2D eigenvalue weighted by atomic mass is 10.1. The summed E-state index contributed by atoms with van der Waals surface area (Å²) in [7, 11) is 1.86. The van der Waals surface area contributed by atoms with Crippen molar-refractivity contribution in [1.29, 1.82) is 0 Å². The summed E-state index contributed by atoms with van der Waals surface area (Å²) in [5.74, 6) is 0.891. The van der Waals surface area contributed by atoms with Crippen LogP contribution in [0.1, 0.15) is 24.6 Å². The van der Waals surface area contributed by atoms with E-state index in [-0.39, 0.29) is 6.09 Å². The summed E-state index contributed by atoms with van der Waals surface area (Å²) in [5, 5.41) is 4.35. The molecule has 0 saturated heterocycles. The number of carbonyl (C=O) groups is 1. The Labute approximate surface area is 95.0 Å². The Morgan fingerprint density at radius 3 is 3.00 bits per heavy atom. The highest BCUT2D eigenvalue weighted by Gasteiger charge is 2.28. The molecule has 88 valence electrons. The van der Waals surface area contributed by atoms with E-state index < -0.39 is 0 Å². The topological polar surface area (TPSA) is 47.4 Å². The molecule has 0 N–H and O–H groups in total. The van der Waals surface area contributed by atoms with Gasteiger partial charge in [0.15, 0.2) is 0 Å². The van der Waals surface area contributed by atoms with Gasteiger partial charge in [0.05, 0.1) is 12.3 Å². The fourth-order valence-corrected chi connectivity index (χ4v) is 2.22. The lowest BCUT2D eigenvalue weighted by Crippen LogP contribution is -2.37. The number of fused-ring (bicyclic) bond motifs is 1. The van der Waals surface area contributed by atoms with Crippen molar-refractivity contribution in [3.63, 3.8) is 0 Å². The monoisotopic (exact) mass is 223 g/mol. The van der Waals surface area contributed by atoms with Crippen molar-refractivity contribution in [3.8, 4) is 0 Å². The molecule has 0 saturated carbocycles. The molecule has 5 heteroatoms. The summed E-state index contributed by atoms with van der Waals surface area (Å²) in [6, 6.07) is 0. The Morgan fingerprint density at radius 2 is 2.31 bits per heavy atom. The number of anilines is 1. The van der Waals surface area contributed by atoms with E-state index in [0.29, 0.717) is 13.2 Å². The molecular weight excluding hydrogens is 206 g/mol. The summed E-state index contributed by atoms with van der Waals surface area (Å²) in [6.45, 7) is 4.91. The normalized spacial score (nSPS) is 14.8. The van der Waals surface area contributed by atoms with Crippen LogP contribution in [0, 0.1) is 6.92 Å². The van der Waals surface area contributed by atoms with Gasteiger partial charge in [-0.1, -0.05) is 0 Å². The smallest absolute Gasteiger partial charge is 0.415 e. The zero-order valence-electron chi connectivity index (χ0n) is 9.99. The lowest BCUT2D eigenvalue weighted by Gasteiger charge is -2.26. The molecule has 5 nitrogen and oxygen atoms in total. The third-order valence-corrected chi connectivity index (χ3v) is 2.87. The number of aryl methyl sites for hydroxylation is 2. The standard InChI is InChI=1S/C11H17N3O2/c1-4-16-11(15)14-7-5-6-9-8(2)12-13(3)10(9)14/h4-7H2,1-3H3. The third-order valence-electron chi connectivity index (χ3n) is 2.87. The summed E-state index contributed by atoms with van der Waals surface area (Å²) in [6.07, 6.45) is 1.69. The average Bonchev–Trinajstić information content (AvgIpc) is 2.55. The highest BCUT2D eigenvalue weighted by Crippen LogP contribution is 2.29. The first kappa shape index (κ1) is 11.0. The Morgan fingerprint density at radius 1 is 1.56 bits per heavy atom. The minimum Gasteiger partial charge on any atom is -0.449 e. The molecule has 1 aliphatic heterocycles. The Hall–Kier alpha value is -1.52. The second kappa shape index (κ2) is 4.15. The van der Waals surface area contributed by atoms with Gasteiger partial charge >= 0.3 is 6.09 Å². The van der Waals surface area contributed by atoms with Gasteiger partial charge in [0, 0.05) is 19.2 Å². The number of hydrogen-bond acceptors (Lipinski definition) is 3. The fraction of sp³-hybridized carbons (Fsp3) is 0.636. The molecule has 0 fully saturated rings. The molecule has 1 aromatic rings. The maximum absolute atomic E-state index is 11.8. The number of amides is 1. The van der Waals surface area contributed by atoms with Crippen LogP contribution in [0.2, 0.25) is 0 Å². The minimum absolute atomic E-state index is 0.272. The number of carbonyl (C=O) groups excluding carboxylic acids is 1. The number of ether oxygens (including phenoxy) is 1. The molecule has 0 spiro atoms. The molecule has 0 radical (unpaired) electrons. The average molecular weight is 223 g/mol. The van der Waals surface area contributed by atoms with Crippen LogP contribution >= 0.6 is 0 Å². The van der Waals surface area contributed by atoms with Crippen LogP contribution in [0.3, 0.4) is 0 Å². The van der Waals surface area contributed by atoms with Gasteiger partial charge in [-0.25, -0.2) is 4.79 Å². The first-order valence-corrected chi connectivity index (χ1v) is 5.62. The summed E-state index contributed by atoms with van der Waals surface area (Å²) in [5.41, 5.74) is 2.17. The zero-order valence-corrected chi connectivity index (χ0v) is 9.99. The maximum atomic E-state index is 11.8. The highest BCUT2D eigenvalue weighted by atomic mass is 16.6. The molecule has 0 unspecified atom stereocenters. The van der Waals surface area contributed by atoms with Crippen LogP contribution in [-0.2, 0) is 18.2 Å². The molecule has 1 amide bonds. The predicted molar refractivity (Wildman–Crippen MR) is 60.6 cm³/mol. The van der Waals surface area contributed by atoms with Crippen molar-refractivity contribution < 1.29 is 9.53 Å². The van der Waals surface area contributed by atoms with Gasteiger partial charge in [0.1, 0.15) is 5.82 Å². The fourth-order valence-electron chi connectivity index (χ4n) is 2.22. The van der Waals surface area contributed by atoms with E-state index in [2.05, 4.69) is 5.10 Å². The molecule has 1 aromatic heterocycles. The third kappa shape index (κ3) is 1.66. The largest absolute Gasteiger partial charge is 0.449 e. The van der Waals surface area contributed by atoms with Gasteiger partial charge in [-0.15, -0.1) is 0 Å². The predicted octanol–water partition coefficient (Wildman–Crippen LogP) is 1.64. The number of aromatic nitrogens is 2. The first-order chi connectivity index (χ1) is 7.65. The molecule has 16 heavy (non-hydrogen) atoms. The van der Waals surface area contributed by atoms with Crippen LogP contribution in [0.25, 0.3) is 0 Å². The van der Waals surface area contributed by atoms with E-state index in [1.54, 1.807) is 9.58 Å². The van der Waals surface area contributed by atoms with Crippen LogP contribution in [0.4, 0.5) is 10.6 Å². The molecule has 1 aliphatic rings. The highest BCUT2D eigenvalue weighted by molar-refractivity contribution is 5.88. The molecule has 0 atom stereocenters. The Bertz CT molecular complexity index is 412. The number of hydrogen-bond donors (Lipinski definition) is 0. The second-order valence-corrected chi connectivity index (χ2v) is 3.97. The molecular formula is C11H17N3O2. The van der Waals surface area contributed by atoms with Crippen molar-refractivity contribution in [2.75, 3.05) is 18.1 Å². The van der Waals surface area contributed by atoms with Gasteiger partial charge in [0.25, 0.3) is 0 Å². The van der Waals surface area contributed by atoms with Crippen LogP contribution in [-0.4, -0.2) is 29.0 Å². The second-order valence-electron chi connectivity index (χ2n) is 3.97. The lowest BCUT2D eigenvalue weighted by molar-refractivity contribution is 0.159. The minimum atomic E-state index is -0.272. The van der Waals surface area contributed by atoms with Crippen molar-refractivity contribution >= 4 is 11.9 Å². The van der Waals surface area contributed by atoms with E-state index in [1.165, 1.54) is 5.56 Å². The van der Waals surface area contributed by atoms with Gasteiger partial charge in [-0.05, 0) is 26.7 Å². The van der Waals surface area contributed by atoms with Crippen LogP contribution in [0.15, 0.2) is 0 Å². The number of rotatable bonds is 1. The van der Waals surface area contributed by atoms with Crippen molar-refractivity contribution in [3.05, 3.63) is 11.3 Å². The zero-order chi connectivity index (χ0) is 11.7. The molecule has 0 bridgehead atoms. The Balaban J connectivity index is 2.36. The van der Waals surface area contributed by atoms with Crippen molar-refractivity contribution in [2.24, 2.45) is 7.05 Å². The van der Waals surface area contributed by atoms with E-state index in [4.69, 9.17) is 4.74 Å². The van der Waals surface area contributed by atoms with E-state index in [1.807, 2.05) is 20.9 Å². The van der Waals surface area contributed by atoms with E-state index in [9.17, 15) is 4.79 Å². The van der Waals surface area contributed by atoms with Crippen LogP contribution in [0.5, 0.6) is 0 Å². The van der Waals surface area contributed by atoms with E-state index in [0.717, 1.165) is 24.4 Å².